The molecule has 2 rings (SSSR count). The quantitative estimate of drug-likeness (QED) is 0.840. The number of nitrogens with two attached hydrogens (primary N) is 1. The van der Waals surface area contributed by atoms with Crippen LogP contribution < -0.4 is 10.5 Å². The molecule has 0 saturated carbocycles. The Balaban J connectivity index is 2.16. The van der Waals surface area contributed by atoms with E-state index in [1.54, 1.807) is 6.07 Å². The topological polar surface area (TPSA) is 35.2 Å². The van der Waals surface area contributed by atoms with Crippen LogP contribution in [0.25, 0.3) is 0 Å². The lowest BCUT2D eigenvalue weighted by atomic mass is 10.1. The lowest BCUT2D eigenvalue weighted by Gasteiger charge is -2.10. The fraction of sp³-hybridized carbons (Fsp3) is 0.133. The first-order chi connectivity index (χ1) is 9.45. The van der Waals surface area contributed by atoms with Crippen LogP contribution in [0.5, 0.6) is 5.75 Å². The fourth-order valence-electron chi connectivity index (χ4n) is 1.81. The van der Waals surface area contributed by atoms with E-state index in [-0.39, 0.29) is 17.4 Å². The Morgan fingerprint density at radius 2 is 2.05 bits per heavy atom. The Hall–Kier alpha value is -1.46. The van der Waals surface area contributed by atoms with Crippen molar-refractivity contribution in [3.05, 3.63) is 63.4 Å². The third-order valence-electron chi connectivity index (χ3n) is 2.77. The molecule has 5 heteroatoms. The molecule has 2 aromatic carbocycles. The molecule has 0 amide bonds. The minimum Gasteiger partial charge on any atom is -0.489 e. The van der Waals surface area contributed by atoms with Crippen LogP contribution in [-0.2, 0) is 6.61 Å². The monoisotopic (exact) mass is 353 g/mol. The molecule has 0 bridgehead atoms. The largest absolute Gasteiger partial charge is 0.489 e. The van der Waals surface area contributed by atoms with E-state index in [1.807, 2.05) is 25.1 Å². The van der Waals surface area contributed by atoms with Gasteiger partial charge in [-0.1, -0.05) is 28.1 Å². The Kier molecular flexibility index (Phi) is 4.73. The molecule has 0 aliphatic heterocycles. The van der Waals surface area contributed by atoms with E-state index < -0.39 is 0 Å². The summed E-state index contributed by atoms with van der Waals surface area (Å²) in [5.74, 6) is 0.385. The molecule has 104 valence electrons. The Labute approximate surface area is 130 Å². The van der Waals surface area contributed by atoms with Crippen LogP contribution in [0.2, 0.25) is 0 Å². The molecule has 0 saturated heterocycles. The molecular weight excluding hydrogens is 341 g/mol. The lowest BCUT2D eigenvalue weighted by molar-refractivity contribution is 0.303. The van der Waals surface area contributed by atoms with Gasteiger partial charge in [-0.05, 0) is 54.4 Å². The summed E-state index contributed by atoms with van der Waals surface area (Å²) in [6.45, 7) is 2.21. The zero-order valence-corrected chi connectivity index (χ0v) is 13.2. The predicted molar refractivity (Wildman–Crippen MR) is 85.5 cm³/mol. The van der Waals surface area contributed by atoms with Crippen molar-refractivity contribution in [3.8, 4) is 5.75 Å². The summed E-state index contributed by atoms with van der Waals surface area (Å²) < 4.78 is 20.2. The highest BCUT2D eigenvalue weighted by Crippen LogP contribution is 2.23. The second-order valence-corrected chi connectivity index (χ2v) is 5.77. The molecule has 0 radical (unpaired) electrons. The third kappa shape index (κ3) is 3.77. The highest BCUT2D eigenvalue weighted by atomic mass is 79.9. The summed E-state index contributed by atoms with van der Waals surface area (Å²) in [5.41, 5.74) is 7.72. The first-order valence-electron chi connectivity index (χ1n) is 5.94. The molecule has 2 aromatic rings. The second-order valence-electron chi connectivity index (χ2n) is 4.41. The van der Waals surface area contributed by atoms with Crippen molar-refractivity contribution in [2.24, 2.45) is 5.73 Å². The minimum atomic E-state index is -0.374. The molecule has 0 aliphatic carbocycles. The summed E-state index contributed by atoms with van der Waals surface area (Å²) >= 11 is 8.25. The van der Waals surface area contributed by atoms with E-state index in [0.29, 0.717) is 11.1 Å². The van der Waals surface area contributed by atoms with E-state index in [1.165, 1.54) is 12.1 Å². The summed E-state index contributed by atoms with van der Waals surface area (Å²) in [7, 11) is 0. The van der Waals surface area contributed by atoms with Gasteiger partial charge in [0.2, 0.25) is 0 Å². The summed E-state index contributed by atoms with van der Waals surface area (Å²) in [6, 6.07) is 10.2. The number of hydrogen-bond donors (Lipinski definition) is 1. The van der Waals surface area contributed by atoms with Crippen LogP contribution in [0.3, 0.4) is 0 Å². The van der Waals surface area contributed by atoms with Gasteiger partial charge in [0.05, 0.1) is 0 Å². The van der Waals surface area contributed by atoms with Gasteiger partial charge in [-0.3, -0.25) is 0 Å². The van der Waals surface area contributed by atoms with Crippen LogP contribution in [0.1, 0.15) is 16.7 Å². The highest BCUT2D eigenvalue weighted by Gasteiger charge is 2.05. The van der Waals surface area contributed by atoms with Gasteiger partial charge in [0.1, 0.15) is 23.2 Å². The number of ether oxygens (including phenoxy) is 1. The molecule has 2 N–H and O–H groups in total. The standard InChI is InChI=1S/C15H13BrFNOS/c1-9-4-12(16)2-3-14(9)19-8-10-5-11(15(18)20)7-13(17)6-10/h2-7H,8H2,1H3,(H2,18,20). The molecule has 0 atom stereocenters. The normalized spacial score (nSPS) is 10.3. The second kappa shape index (κ2) is 6.33. The van der Waals surface area contributed by atoms with Gasteiger partial charge >= 0.3 is 0 Å². The number of thiocarbonyl (C=S) groups is 1. The van der Waals surface area contributed by atoms with Gasteiger partial charge in [-0.2, -0.15) is 0 Å². The predicted octanol–water partition coefficient (Wildman–Crippen LogP) is 4.11. The van der Waals surface area contributed by atoms with E-state index in [4.69, 9.17) is 22.7 Å². The van der Waals surface area contributed by atoms with Crippen LogP contribution >= 0.6 is 28.1 Å². The number of rotatable bonds is 4. The van der Waals surface area contributed by atoms with Gasteiger partial charge in [-0.15, -0.1) is 0 Å². The molecule has 0 unspecified atom stereocenters. The van der Waals surface area contributed by atoms with Gasteiger partial charge in [0.25, 0.3) is 0 Å². The zero-order valence-electron chi connectivity index (χ0n) is 10.8. The van der Waals surface area contributed by atoms with Gasteiger partial charge < -0.3 is 10.5 Å². The molecule has 0 heterocycles. The molecule has 0 fully saturated rings. The lowest BCUT2D eigenvalue weighted by Crippen LogP contribution is -2.10. The number of aryl methyl sites for hydroxylation is 1. The van der Waals surface area contributed by atoms with Crippen LogP contribution in [-0.4, -0.2) is 4.99 Å². The van der Waals surface area contributed by atoms with Crippen LogP contribution in [0, 0.1) is 12.7 Å². The van der Waals surface area contributed by atoms with E-state index >= 15 is 0 Å². The van der Waals surface area contributed by atoms with E-state index in [0.717, 1.165) is 15.8 Å². The van der Waals surface area contributed by atoms with E-state index in [9.17, 15) is 4.39 Å². The van der Waals surface area contributed by atoms with Crippen molar-refractivity contribution < 1.29 is 9.13 Å². The molecule has 0 aliphatic rings. The SMILES string of the molecule is Cc1cc(Br)ccc1OCc1cc(F)cc(C(N)=S)c1. The van der Waals surface area contributed by atoms with Crippen LogP contribution in [0.4, 0.5) is 4.39 Å². The maximum atomic E-state index is 13.5. The average molecular weight is 354 g/mol. The van der Waals surface area contributed by atoms with Crippen molar-refractivity contribution in [1.82, 2.24) is 0 Å². The van der Waals surface area contributed by atoms with Crippen molar-refractivity contribution in [2.75, 3.05) is 0 Å². The Morgan fingerprint density at radius 3 is 2.70 bits per heavy atom. The molecule has 2 nitrogen and oxygen atoms in total. The maximum absolute atomic E-state index is 13.5. The average Bonchev–Trinajstić information content (AvgIpc) is 2.37. The number of hydrogen-bond acceptors (Lipinski definition) is 2. The van der Waals surface area contributed by atoms with Crippen molar-refractivity contribution in [3.63, 3.8) is 0 Å². The molecular formula is C15H13BrFNOS. The smallest absolute Gasteiger partial charge is 0.124 e. The molecule has 0 aromatic heterocycles. The Morgan fingerprint density at radius 1 is 1.30 bits per heavy atom. The zero-order chi connectivity index (χ0) is 14.7. The first kappa shape index (κ1) is 14.9. The van der Waals surface area contributed by atoms with Gasteiger partial charge in [0, 0.05) is 10.0 Å². The molecule has 0 spiro atoms. The summed E-state index contributed by atoms with van der Waals surface area (Å²) in [5, 5.41) is 0. The Bertz CT molecular complexity index is 660. The fourth-order valence-corrected chi connectivity index (χ4v) is 2.41. The molecule has 20 heavy (non-hydrogen) atoms. The van der Waals surface area contributed by atoms with Gasteiger partial charge in [0.15, 0.2) is 0 Å². The van der Waals surface area contributed by atoms with Crippen LogP contribution in [0.15, 0.2) is 40.9 Å². The van der Waals surface area contributed by atoms with Crippen molar-refractivity contribution in [2.45, 2.75) is 13.5 Å². The van der Waals surface area contributed by atoms with Crippen molar-refractivity contribution in [1.29, 1.82) is 0 Å². The summed E-state index contributed by atoms with van der Waals surface area (Å²) in [4.78, 5) is 0.172. The summed E-state index contributed by atoms with van der Waals surface area (Å²) in [6.07, 6.45) is 0. The van der Waals surface area contributed by atoms with Gasteiger partial charge in [-0.25, -0.2) is 4.39 Å². The third-order valence-corrected chi connectivity index (χ3v) is 3.50. The highest BCUT2D eigenvalue weighted by molar-refractivity contribution is 9.10. The first-order valence-corrected chi connectivity index (χ1v) is 7.14. The maximum Gasteiger partial charge on any atom is 0.124 e. The van der Waals surface area contributed by atoms with Crippen molar-refractivity contribution >= 4 is 33.1 Å². The number of halogens is 2. The minimum absolute atomic E-state index is 0.172. The number of benzene rings is 2. The van der Waals surface area contributed by atoms with E-state index in [2.05, 4.69) is 15.9 Å².